The molecule has 5 nitrogen and oxygen atoms in total. The molecule has 0 aliphatic heterocycles. The number of rotatable bonds is 6. The number of aryl methyl sites for hydroxylation is 1. The van der Waals surface area contributed by atoms with Gasteiger partial charge in [0.1, 0.15) is 6.04 Å². The van der Waals surface area contributed by atoms with E-state index in [0.29, 0.717) is 5.56 Å². The first kappa shape index (κ1) is 19.1. The van der Waals surface area contributed by atoms with Crippen LogP contribution in [0.25, 0.3) is 0 Å². The lowest BCUT2D eigenvalue weighted by Gasteiger charge is -2.27. The number of amides is 1. The summed E-state index contributed by atoms with van der Waals surface area (Å²) >= 11 is 0. The van der Waals surface area contributed by atoms with Crippen LogP contribution in [0.2, 0.25) is 0 Å². The SMILES string of the molecule is Cc1ccccc1[C@@H](C)NC(=O)[C@H](c1ccccc1)N(C)S(C)(=O)=O. The molecule has 0 saturated carbocycles. The van der Waals surface area contributed by atoms with Crippen LogP contribution in [0.5, 0.6) is 0 Å². The van der Waals surface area contributed by atoms with Crippen LogP contribution in [-0.2, 0) is 14.8 Å². The quantitative estimate of drug-likeness (QED) is 0.861. The molecular formula is C19H24N2O3S. The van der Waals surface area contributed by atoms with Crippen molar-refractivity contribution < 1.29 is 13.2 Å². The average molecular weight is 360 g/mol. The summed E-state index contributed by atoms with van der Waals surface area (Å²) in [6.07, 6.45) is 1.10. The van der Waals surface area contributed by atoms with Crippen molar-refractivity contribution in [3.63, 3.8) is 0 Å². The highest BCUT2D eigenvalue weighted by molar-refractivity contribution is 7.88. The lowest BCUT2D eigenvalue weighted by molar-refractivity contribution is -0.125. The van der Waals surface area contributed by atoms with E-state index >= 15 is 0 Å². The Hall–Kier alpha value is -2.18. The van der Waals surface area contributed by atoms with Crippen LogP contribution in [0.4, 0.5) is 0 Å². The summed E-state index contributed by atoms with van der Waals surface area (Å²) in [6.45, 7) is 3.87. The molecule has 0 bridgehead atoms. The Morgan fingerprint density at radius 1 is 1.04 bits per heavy atom. The molecule has 2 aromatic rings. The van der Waals surface area contributed by atoms with Crippen LogP contribution < -0.4 is 5.32 Å². The second-order valence-electron chi connectivity index (χ2n) is 6.18. The Morgan fingerprint density at radius 3 is 2.16 bits per heavy atom. The third-order valence-corrected chi connectivity index (χ3v) is 5.52. The Labute approximate surface area is 149 Å². The Bertz CT molecular complexity index is 835. The van der Waals surface area contributed by atoms with Crippen LogP contribution in [0, 0.1) is 6.92 Å². The summed E-state index contributed by atoms with van der Waals surface area (Å²) in [5.74, 6) is -0.352. The van der Waals surface area contributed by atoms with Crippen LogP contribution >= 0.6 is 0 Å². The minimum Gasteiger partial charge on any atom is -0.348 e. The largest absolute Gasteiger partial charge is 0.348 e. The minimum atomic E-state index is -3.53. The number of likely N-dealkylation sites (N-methyl/N-ethyl adjacent to an activating group) is 1. The van der Waals surface area contributed by atoms with Crippen molar-refractivity contribution in [2.24, 2.45) is 0 Å². The topological polar surface area (TPSA) is 66.5 Å². The van der Waals surface area contributed by atoms with Gasteiger partial charge in [-0.3, -0.25) is 4.79 Å². The van der Waals surface area contributed by atoms with Crippen LogP contribution in [0.15, 0.2) is 54.6 Å². The second-order valence-corrected chi connectivity index (χ2v) is 8.22. The molecule has 0 saturated heterocycles. The van der Waals surface area contributed by atoms with Gasteiger partial charge in [0, 0.05) is 7.05 Å². The average Bonchev–Trinajstić information content (AvgIpc) is 2.55. The normalized spacial score (nSPS) is 14.1. The van der Waals surface area contributed by atoms with Gasteiger partial charge in [0.15, 0.2) is 0 Å². The van der Waals surface area contributed by atoms with E-state index in [9.17, 15) is 13.2 Å². The van der Waals surface area contributed by atoms with Crippen molar-refractivity contribution >= 4 is 15.9 Å². The first-order valence-corrected chi connectivity index (χ1v) is 9.90. The van der Waals surface area contributed by atoms with Gasteiger partial charge in [0.05, 0.1) is 12.3 Å². The van der Waals surface area contributed by atoms with Gasteiger partial charge in [-0.05, 0) is 30.5 Å². The monoisotopic (exact) mass is 360 g/mol. The molecule has 0 unspecified atom stereocenters. The predicted octanol–water partition coefficient (Wildman–Crippen LogP) is 2.80. The number of nitrogens with one attached hydrogen (secondary N) is 1. The number of nitrogens with zero attached hydrogens (tertiary/aromatic N) is 1. The molecule has 0 aliphatic carbocycles. The van der Waals surface area contributed by atoms with Crippen molar-refractivity contribution in [1.29, 1.82) is 0 Å². The molecule has 0 fully saturated rings. The van der Waals surface area contributed by atoms with E-state index in [-0.39, 0.29) is 11.9 Å². The van der Waals surface area contributed by atoms with E-state index < -0.39 is 16.1 Å². The lowest BCUT2D eigenvalue weighted by atomic mass is 10.0. The molecule has 0 aromatic heterocycles. The molecule has 6 heteroatoms. The molecule has 0 radical (unpaired) electrons. The van der Waals surface area contributed by atoms with Gasteiger partial charge in [-0.1, -0.05) is 54.6 Å². The van der Waals surface area contributed by atoms with E-state index in [4.69, 9.17) is 0 Å². The number of hydrogen-bond donors (Lipinski definition) is 1. The van der Waals surface area contributed by atoms with Crippen molar-refractivity contribution in [3.05, 3.63) is 71.3 Å². The molecule has 1 N–H and O–H groups in total. The van der Waals surface area contributed by atoms with Crippen LogP contribution in [0.3, 0.4) is 0 Å². The second kappa shape index (κ2) is 7.80. The van der Waals surface area contributed by atoms with Gasteiger partial charge in [-0.2, -0.15) is 4.31 Å². The van der Waals surface area contributed by atoms with Gasteiger partial charge < -0.3 is 5.32 Å². The fourth-order valence-corrected chi connectivity index (χ4v) is 3.40. The number of benzene rings is 2. The van der Waals surface area contributed by atoms with Crippen molar-refractivity contribution in [2.75, 3.05) is 13.3 Å². The van der Waals surface area contributed by atoms with E-state index in [1.165, 1.54) is 7.05 Å². The van der Waals surface area contributed by atoms with E-state index in [2.05, 4.69) is 5.32 Å². The highest BCUT2D eigenvalue weighted by Gasteiger charge is 2.31. The maximum atomic E-state index is 12.9. The standard InChI is InChI=1S/C19H24N2O3S/c1-14-10-8-9-13-17(14)15(2)20-19(22)18(21(3)25(4,23)24)16-11-6-5-7-12-16/h5-13,15,18H,1-4H3,(H,20,22)/t15-,18+/m1/s1. The third kappa shape index (κ3) is 4.67. The molecule has 2 rings (SSSR count). The fourth-order valence-electron chi connectivity index (χ4n) is 2.80. The first-order chi connectivity index (χ1) is 11.7. The zero-order valence-corrected chi connectivity index (χ0v) is 15.7. The number of sulfonamides is 1. The van der Waals surface area contributed by atoms with E-state index in [1.807, 2.05) is 44.2 Å². The fraction of sp³-hybridized carbons (Fsp3) is 0.316. The van der Waals surface area contributed by atoms with Crippen molar-refractivity contribution in [2.45, 2.75) is 25.9 Å². The van der Waals surface area contributed by atoms with Crippen molar-refractivity contribution in [3.8, 4) is 0 Å². The van der Waals surface area contributed by atoms with Gasteiger partial charge in [-0.25, -0.2) is 8.42 Å². The van der Waals surface area contributed by atoms with Gasteiger partial charge in [0.25, 0.3) is 0 Å². The summed E-state index contributed by atoms with van der Waals surface area (Å²) in [4.78, 5) is 12.9. The maximum Gasteiger partial charge on any atom is 0.243 e. The summed E-state index contributed by atoms with van der Waals surface area (Å²) in [6, 6.07) is 15.6. The number of carbonyl (C=O) groups is 1. The molecule has 134 valence electrons. The van der Waals surface area contributed by atoms with E-state index in [0.717, 1.165) is 21.7 Å². The molecule has 0 aliphatic rings. The smallest absolute Gasteiger partial charge is 0.243 e. The van der Waals surface area contributed by atoms with Gasteiger partial charge in [0.2, 0.25) is 15.9 Å². The van der Waals surface area contributed by atoms with Crippen LogP contribution in [-0.4, -0.2) is 31.9 Å². The highest BCUT2D eigenvalue weighted by Crippen LogP contribution is 2.24. The molecule has 25 heavy (non-hydrogen) atoms. The molecular weight excluding hydrogens is 336 g/mol. The predicted molar refractivity (Wildman–Crippen MR) is 99.5 cm³/mol. The summed E-state index contributed by atoms with van der Waals surface area (Å²) in [5, 5.41) is 2.94. The molecule has 2 aromatic carbocycles. The Kier molecular flexibility index (Phi) is 5.98. The third-order valence-electron chi connectivity index (χ3n) is 4.26. The number of hydrogen-bond acceptors (Lipinski definition) is 3. The Morgan fingerprint density at radius 2 is 1.60 bits per heavy atom. The lowest BCUT2D eigenvalue weighted by Crippen LogP contribution is -2.42. The molecule has 0 spiro atoms. The zero-order valence-electron chi connectivity index (χ0n) is 14.9. The van der Waals surface area contributed by atoms with Gasteiger partial charge in [-0.15, -0.1) is 0 Å². The number of carbonyl (C=O) groups excluding carboxylic acids is 1. The molecule has 1 amide bonds. The zero-order chi connectivity index (χ0) is 18.6. The summed E-state index contributed by atoms with van der Waals surface area (Å²) < 4.78 is 25.1. The highest BCUT2D eigenvalue weighted by atomic mass is 32.2. The minimum absolute atomic E-state index is 0.229. The van der Waals surface area contributed by atoms with E-state index in [1.54, 1.807) is 24.3 Å². The summed E-state index contributed by atoms with van der Waals surface area (Å²) in [5.41, 5.74) is 2.71. The van der Waals surface area contributed by atoms with Crippen molar-refractivity contribution in [1.82, 2.24) is 9.62 Å². The molecule has 2 atom stereocenters. The maximum absolute atomic E-state index is 12.9. The first-order valence-electron chi connectivity index (χ1n) is 8.05. The summed E-state index contributed by atoms with van der Waals surface area (Å²) in [7, 11) is -2.11. The molecule has 0 heterocycles. The Balaban J connectivity index is 2.31. The van der Waals surface area contributed by atoms with Gasteiger partial charge >= 0.3 is 0 Å². The van der Waals surface area contributed by atoms with Crippen LogP contribution in [0.1, 0.15) is 35.7 Å².